The largest absolute Gasteiger partial charge is 0.135 e. The normalized spacial score (nSPS) is 11.6. The Morgan fingerprint density at radius 1 is 0.778 bits per heavy atom. The van der Waals surface area contributed by atoms with Crippen LogP contribution in [0.25, 0.3) is 20.2 Å². The van der Waals surface area contributed by atoms with Crippen LogP contribution >= 0.6 is 11.3 Å². The zero-order valence-corrected chi connectivity index (χ0v) is 12.5. The fourth-order valence-corrected chi connectivity index (χ4v) is 3.99. The lowest BCUT2D eigenvalue weighted by molar-refractivity contribution is 1.30. The summed E-state index contributed by atoms with van der Waals surface area (Å²) in [6.07, 6.45) is 0. The van der Waals surface area contributed by atoms with Crippen molar-refractivity contribution >= 4 is 31.5 Å². The van der Waals surface area contributed by atoms with E-state index < -0.39 is 0 Å². The Morgan fingerprint density at radius 2 is 1.50 bits per heavy atom. The highest BCUT2D eigenvalue weighted by atomic mass is 32.1. The van der Waals surface area contributed by atoms with Crippen molar-refractivity contribution in [1.29, 1.82) is 0 Å². The summed E-state index contributed by atoms with van der Waals surface area (Å²) in [4.78, 5) is 0. The molecule has 0 amide bonds. The van der Waals surface area contributed by atoms with Gasteiger partial charge >= 0.3 is 0 Å². The fraction of sp³-hybridized carbons (Fsp3) is 0.294. The Hall–Kier alpha value is -1.34. The molecule has 0 nitrogen and oxygen atoms in total. The van der Waals surface area contributed by atoms with Crippen LogP contribution < -0.4 is 0 Å². The van der Waals surface area contributed by atoms with Gasteiger partial charge in [0.25, 0.3) is 0 Å². The monoisotopic (exact) mass is 254 g/mol. The van der Waals surface area contributed by atoms with Crippen LogP contribution in [-0.4, -0.2) is 0 Å². The molecule has 0 spiro atoms. The third kappa shape index (κ3) is 1.44. The number of hydrogen-bond donors (Lipinski definition) is 0. The lowest BCUT2D eigenvalue weighted by Crippen LogP contribution is -1.86. The predicted molar refractivity (Wildman–Crippen MR) is 83.0 cm³/mol. The lowest BCUT2D eigenvalue weighted by atomic mass is 9.97. The van der Waals surface area contributed by atoms with E-state index in [1.54, 1.807) is 0 Å². The number of fused-ring (bicyclic) bond motifs is 3. The first-order chi connectivity index (χ1) is 8.50. The van der Waals surface area contributed by atoms with E-state index in [1.165, 1.54) is 48.0 Å². The van der Waals surface area contributed by atoms with Crippen LogP contribution in [0.1, 0.15) is 27.8 Å². The molecule has 0 bridgehead atoms. The van der Waals surface area contributed by atoms with Crippen molar-refractivity contribution in [2.45, 2.75) is 34.6 Å². The molecule has 0 fully saturated rings. The third-order valence-electron chi connectivity index (χ3n) is 4.28. The van der Waals surface area contributed by atoms with Crippen molar-refractivity contribution in [3.63, 3.8) is 0 Å². The quantitative estimate of drug-likeness (QED) is 0.490. The van der Waals surface area contributed by atoms with Gasteiger partial charge in [-0.3, -0.25) is 0 Å². The highest BCUT2D eigenvalue weighted by Crippen LogP contribution is 2.40. The topological polar surface area (TPSA) is 0 Å². The summed E-state index contributed by atoms with van der Waals surface area (Å²) in [6, 6.07) is 6.87. The van der Waals surface area contributed by atoms with Gasteiger partial charge in [-0.1, -0.05) is 6.07 Å². The summed E-state index contributed by atoms with van der Waals surface area (Å²) in [5, 5.41) is 2.90. The van der Waals surface area contributed by atoms with Gasteiger partial charge in [0.15, 0.2) is 0 Å². The van der Waals surface area contributed by atoms with Crippen LogP contribution in [0, 0.1) is 34.6 Å². The molecule has 1 heterocycles. The van der Waals surface area contributed by atoms with Gasteiger partial charge in [-0.15, -0.1) is 11.3 Å². The van der Waals surface area contributed by atoms with Crippen molar-refractivity contribution in [2.75, 3.05) is 0 Å². The van der Waals surface area contributed by atoms with Gasteiger partial charge < -0.3 is 0 Å². The second kappa shape index (κ2) is 3.83. The first-order valence-electron chi connectivity index (χ1n) is 6.40. The Bertz CT molecular complexity index is 775. The van der Waals surface area contributed by atoms with Gasteiger partial charge in [-0.2, -0.15) is 0 Å². The van der Waals surface area contributed by atoms with Gasteiger partial charge in [-0.05, 0) is 74.6 Å². The molecule has 0 unspecified atom stereocenters. The molecule has 0 saturated heterocycles. The van der Waals surface area contributed by atoms with Crippen LogP contribution in [-0.2, 0) is 0 Å². The molecule has 1 aromatic heterocycles. The molecular formula is C17H18S. The van der Waals surface area contributed by atoms with Crippen molar-refractivity contribution in [1.82, 2.24) is 0 Å². The Balaban J connectivity index is 2.62. The zero-order chi connectivity index (χ0) is 13.0. The number of hydrogen-bond acceptors (Lipinski definition) is 1. The SMILES string of the molecule is Cc1cc2c(sc3ccc(C)c(C)c32)c(C)c1C. The number of aryl methyl sites for hydroxylation is 4. The number of thiophene rings is 1. The van der Waals surface area contributed by atoms with E-state index in [9.17, 15) is 0 Å². The minimum absolute atomic E-state index is 1.39. The summed E-state index contributed by atoms with van der Waals surface area (Å²) >= 11 is 1.93. The van der Waals surface area contributed by atoms with Crippen molar-refractivity contribution in [3.8, 4) is 0 Å². The molecule has 2 aromatic carbocycles. The maximum atomic E-state index is 2.36. The van der Waals surface area contributed by atoms with Gasteiger partial charge in [0.2, 0.25) is 0 Å². The molecule has 92 valence electrons. The Kier molecular flexibility index (Phi) is 2.49. The molecule has 0 radical (unpaired) electrons. The minimum Gasteiger partial charge on any atom is -0.135 e. The molecule has 3 aromatic rings. The summed E-state index contributed by atoms with van der Waals surface area (Å²) in [5.74, 6) is 0. The predicted octanol–water partition coefficient (Wildman–Crippen LogP) is 5.60. The van der Waals surface area contributed by atoms with E-state index in [4.69, 9.17) is 0 Å². The Labute approximate surface area is 112 Å². The molecule has 1 heteroatoms. The van der Waals surface area contributed by atoms with E-state index in [0.717, 1.165) is 0 Å². The average molecular weight is 254 g/mol. The van der Waals surface area contributed by atoms with Crippen molar-refractivity contribution in [2.24, 2.45) is 0 Å². The third-order valence-corrected chi connectivity index (χ3v) is 5.57. The van der Waals surface area contributed by atoms with E-state index in [-0.39, 0.29) is 0 Å². The van der Waals surface area contributed by atoms with Gasteiger partial charge in [0, 0.05) is 20.2 Å². The summed E-state index contributed by atoms with van der Waals surface area (Å²) < 4.78 is 2.88. The average Bonchev–Trinajstić information content (AvgIpc) is 2.70. The highest BCUT2D eigenvalue weighted by Gasteiger charge is 2.12. The second-order valence-corrected chi connectivity index (χ2v) is 6.36. The van der Waals surface area contributed by atoms with E-state index in [2.05, 4.69) is 52.8 Å². The van der Waals surface area contributed by atoms with Crippen molar-refractivity contribution in [3.05, 3.63) is 46.0 Å². The smallest absolute Gasteiger partial charge is 0.0387 e. The van der Waals surface area contributed by atoms with E-state index in [0.29, 0.717) is 0 Å². The molecular weight excluding hydrogens is 236 g/mol. The maximum Gasteiger partial charge on any atom is 0.0387 e. The highest BCUT2D eigenvalue weighted by molar-refractivity contribution is 7.26. The first-order valence-corrected chi connectivity index (χ1v) is 7.21. The molecule has 0 atom stereocenters. The first kappa shape index (κ1) is 11.7. The standard InChI is InChI=1S/C17H18S/c1-9-6-7-15-16(12(9)4)14-8-10(2)11(3)13(5)17(14)18-15/h6-8H,1-5H3. The van der Waals surface area contributed by atoms with Crippen LogP contribution in [0.3, 0.4) is 0 Å². The van der Waals surface area contributed by atoms with Crippen LogP contribution in [0.15, 0.2) is 18.2 Å². The summed E-state index contributed by atoms with van der Waals surface area (Å²) in [6.45, 7) is 11.1. The second-order valence-electron chi connectivity index (χ2n) is 5.30. The fourth-order valence-electron chi connectivity index (χ4n) is 2.70. The molecule has 0 aliphatic heterocycles. The van der Waals surface area contributed by atoms with Crippen molar-refractivity contribution < 1.29 is 0 Å². The Morgan fingerprint density at radius 3 is 2.22 bits per heavy atom. The van der Waals surface area contributed by atoms with Crippen LogP contribution in [0.4, 0.5) is 0 Å². The van der Waals surface area contributed by atoms with Gasteiger partial charge in [-0.25, -0.2) is 0 Å². The molecule has 18 heavy (non-hydrogen) atoms. The van der Waals surface area contributed by atoms with Gasteiger partial charge in [0.05, 0.1) is 0 Å². The molecule has 0 N–H and O–H groups in total. The molecule has 3 rings (SSSR count). The number of benzene rings is 2. The van der Waals surface area contributed by atoms with E-state index in [1.807, 2.05) is 11.3 Å². The molecule has 0 aliphatic carbocycles. The minimum atomic E-state index is 1.39. The lowest BCUT2D eigenvalue weighted by Gasteiger charge is -2.07. The number of rotatable bonds is 0. The summed E-state index contributed by atoms with van der Waals surface area (Å²) in [7, 11) is 0. The van der Waals surface area contributed by atoms with Crippen LogP contribution in [0.5, 0.6) is 0 Å². The van der Waals surface area contributed by atoms with Gasteiger partial charge in [0.1, 0.15) is 0 Å². The zero-order valence-electron chi connectivity index (χ0n) is 11.6. The maximum absolute atomic E-state index is 2.36. The summed E-state index contributed by atoms with van der Waals surface area (Å²) in [5.41, 5.74) is 7.10. The van der Waals surface area contributed by atoms with E-state index >= 15 is 0 Å². The molecule has 0 aliphatic rings. The molecule has 0 saturated carbocycles. The van der Waals surface area contributed by atoms with Crippen LogP contribution in [0.2, 0.25) is 0 Å².